The van der Waals surface area contributed by atoms with Gasteiger partial charge < -0.3 is 0 Å². The van der Waals surface area contributed by atoms with Gasteiger partial charge in [-0.25, -0.2) is 4.98 Å². The summed E-state index contributed by atoms with van der Waals surface area (Å²) in [7, 11) is 0. The van der Waals surface area contributed by atoms with Gasteiger partial charge in [-0.1, -0.05) is 48.1 Å². The number of anilines is 2. The number of para-hydroxylation sites is 2. The molecule has 2 unspecified atom stereocenters. The number of halogens is 3. The minimum absolute atomic E-state index is 0.0960. The van der Waals surface area contributed by atoms with Crippen molar-refractivity contribution in [3.8, 4) is 0 Å². The molecule has 7 heteroatoms. The second-order valence-corrected chi connectivity index (χ2v) is 8.54. The first kappa shape index (κ1) is 19.9. The second kappa shape index (κ2) is 7.78. The van der Waals surface area contributed by atoms with Crippen molar-refractivity contribution >= 4 is 38.3 Å². The van der Waals surface area contributed by atoms with Crippen LogP contribution in [0.25, 0.3) is 10.2 Å². The summed E-state index contributed by atoms with van der Waals surface area (Å²) in [5.41, 5.74) is 2.32. The van der Waals surface area contributed by atoms with Crippen LogP contribution in [-0.4, -0.2) is 17.1 Å². The fraction of sp³-hybridized carbons (Fsp3) is 0.364. The summed E-state index contributed by atoms with van der Waals surface area (Å²) in [6.07, 6.45) is -3.45. The number of aromatic nitrogens is 1. The predicted octanol–water partition coefficient (Wildman–Crippen LogP) is 6.64. The molecule has 0 saturated heterocycles. The van der Waals surface area contributed by atoms with Gasteiger partial charge in [-0.3, -0.25) is 9.69 Å². The van der Waals surface area contributed by atoms with Crippen molar-refractivity contribution < 1.29 is 18.0 Å². The highest BCUT2D eigenvalue weighted by atomic mass is 32.1. The first-order valence-electron chi connectivity index (χ1n) is 9.66. The molecule has 1 fully saturated rings. The van der Waals surface area contributed by atoms with Crippen molar-refractivity contribution in [2.45, 2.75) is 38.8 Å². The summed E-state index contributed by atoms with van der Waals surface area (Å²) >= 11 is 1.38. The lowest BCUT2D eigenvalue weighted by molar-refractivity contribution is -0.186. The number of benzene rings is 2. The van der Waals surface area contributed by atoms with Crippen molar-refractivity contribution in [1.29, 1.82) is 0 Å². The van der Waals surface area contributed by atoms with Crippen LogP contribution in [0.4, 0.5) is 24.0 Å². The Bertz CT molecular complexity index is 997. The number of hydrogen-bond acceptors (Lipinski definition) is 3. The maximum atomic E-state index is 13.5. The van der Waals surface area contributed by atoms with E-state index in [4.69, 9.17) is 0 Å². The SMILES string of the molecule is Cc1ccccc1N(C(=O)C1CCCC(C(F)(F)F)C1)c1nc2ccccc2s1. The van der Waals surface area contributed by atoms with Crippen LogP contribution in [-0.2, 0) is 4.79 Å². The largest absolute Gasteiger partial charge is 0.391 e. The van der Waals surface area contributed by atoms with Crippen LogP contribution in [0.1, 0.15) is 31.2 Å². The minimum Gasteiger partial charge on any atom is -0.274 e. The summed E-state index contributed by atoms with van der Waals surface area (Å²) in [4.78, 5) is 19.7. The molecule has 2 atom stereocenters. The Kier molecular flexibility index (Phi) is 5.34. The molecular weight excluding hydrogens is 397 g/mol. The highest BCUT2D eigenvalue weighted by Gasteiger charge is 2.44. The molecule has 1 aliphatic carbocycles. The number of amides is 1. The standard InChI is InChI=1S/C22H21F3N2OS/c1-14-7-2-4-11-18(14)27(21-26-17-10-3-5-12-19(17)29-21)20(28)15-8-6-9-16(13-15)22(23,24)25/h2-5,7,10-12,15-16H,6,8-9,13H2,1H3. The van der Waals surface area contributed by atoms with Gasteiger partial charge in [0, 0.05) is 5.92 Å². The number of nitrogens with zero attached hydrogens (tertiary/aromatic N) is 2. The monoisotopic (exact) mass is 418 g/mol. The van der Waals surface area contributed by atoms with Gasteiger partial charge in [-0.05, 0) is 49.9 Å². The van der Waals surface area contributed by atoms with E-state index < -0.39 is 18.0 Å². The summed E-state index contributed by atoms with van der Waals surface area (Å²) < 4.78 is 40.8. The Labute approximate surface area is 171 Å². The molecule has 29 heavy (non-hydrogen) atoms. The number of rotatable bonds is 3. The van der Waals surface area contributed by atoms with E-state index in [-0.39, 0.29) is 18.7 Å². The first-order chi connectivity index (χ1) is 13.8. The fourth-order valence-corrected chi connectivity index (χ4v) is 4.97. The molecule has 0 aliphatic heterocycles. The Morgan fingerprint density at radius 2 is 1.83 bits per heavy atom. The van der Waals surface area contributed by atoms with Crippen LogP contribution in [0.15, 0.2) is 48.5 Å². The third-order valence-corrected chi connectivity index (χ3v) is 6.56. The molecule has 3 nitrogen and oxygen atoms in total. The Morgan fingerprint density at radius 1 is 1.10 bits per heavy atom. The lowest BCUT2D eigenvalue weighted by Gasteiger charge is -2.33. The van der Waals surface area contributed by atoms with Crippen LogP contribution < -0.4 is 4.90 Å². The number of hydrogen-bond donors (Lipinski definition) is 0. The van der Waals surface area contributed by atoms with Gasteiger partial charge in [-0.2, -0.15) is 13.2 Å². The highest BCUT2D eigenvalue weighted by molar-refractivity contribution is 7.22. The number of alkyl halides is 3. The smallest absolute Gasteiger partial charge is 0.274 e. The molecule has 3 aromatic rings. The molecule has 1 amide bonds. The number of thiazole rings is 1. The molecule has 4 rings (SSSR count). The normalized spacial score (nSPS) is 20.0. The van der Waals surface area contributed by atoms with Crippen molar-refractivity contribution in [2.24, 2.45) is 11.8 Å². The predicted molar refractivity (Wildman–Crippen MR) is 109 cm³/mol. The molecule has 0 radical (unpaired) electrons. The average molecular weight is 418 g/mol. The summed E-state index contributed by atoms with van der Waals surface area (Å²) in [5, 5.41) is 0.500. The zero-order chi connectivity index (χ0) is 20.6. The molecule has 1 aromatic heterocycles. The molecule has 0 spiro atoms. The zero-order valence-corrected chi connectivity index (χ0v) is 16.8. The van der Waals surface area contributed by atoms with Crippen LogP contribution in [0, 0.1) is 18.8 Å². The molecule has 1 saturated carbocycles. The number of fused-ring (bicyclic) bond motifs is 1. The minimum atomic E-state index is -4.26. The topological polar surface area (TPSA) is 33.2 Å². The third kappa shape index (κ3) is 4.01. The molecule has 0 bridgehead atoms. The van der Waals surface area contributed by atoms with E-state index in [1.165, 1.54) is 16.2 Å². The number of aryl methyl sites for hydroxylation is 1. The van der Waals surface area contributed by atoms with E-state index in [2.05, 4.69) is 4.98 Å². The van der Waals surface area contributed by atoms with Crippen LogP contribution in [0.5, 0.6) is 0 Å². The first-order valence-corrected chi connectivity index (χ1v) is 10.5. The molecule has 0 N–H and O–H groups in total. The summed E-state index contributed by atoms with van der Waals surface area (Å²) in [6, 6.07) is 15.0. The number of carbonyl (C=O) groups is 1. The lowest BCUT2D eigenvalue weighted by atomic mass is 9.80. The van der Waals surface area contributed by atoms with Crippen molar-refractivity contribution in [3.05, 3.63) is 54.1 Å². The van der Waals surface area contributed by atoms with E-state index in [0.717, 1.165) is 15.8 Å². The summed E-state index contributed by atoms with van der Waals surface area (Å²) in [6.45, 7) is 1.89. The highest BCUT2D eigenvalue weighted by Crippen LogP contribution is 2.43. The van der Waals surface area contributed by atoms with E-state index in [1.54, 1.807) is 0 Å². The Balaban J connectivity index is 1.74. The van der Waals surface area contributed by atoms with Gasteiger partial charge >= 0.3 is 6.18 Å². The van der Waals surface area contributed by atoms with Gasteiger partial charge in [0.1, 0.15) is 0 Å². The lowest BCUT2D eigenvalue weighted by Crippen LogP contribution is -2.38. The van der Waals surface area contributed by atoms with Gasteiger partial charge in [0.05, 0.1) is 21.8 Å². The maximum Gasteiger partial charge on any atom is 0.391 e. The van der Waals surface area contributed by atoms with Crippen LogP contribution in [0.3, 0.4) is 0 Å². The van der Waals surface area contributed by atoms with Crippen LogP contribution in [0.2, 0.25) is 0 Å². The van der Waals surface area contributed by atoms with Crippen molar-refractivity contribution in [3.63, 3.8) is 0 Å². The molecule has 1 aliphatic rings. The molecule has 1 heterocycles. The maximum absolute atomic E-state index is 13.5. The van der Waals surface area contributed by atoms with E-state index in [1.807, 2.05) is 55.5 Å². The van der Waals surface area contributed by atoms with Gasteiger partial charge in [0.15, 0.2) is 5.13 Å². The number of carbonyl (C=O) groups excluding carboxylic acids is 1. The van der Waals surface area contributed by atoms with E-state index in [0.29, 0.717) is 23.7 Å². The van der Waals surface area contributed by atoms with Crippen molar-refractivity contribution in [1.82, 2.24) is 4.98 Å². The zero-order valence-electron chi connectivity index (χ0n) is 15.9. The molecule has 152 valence electrons. The van der Waals surface area contributed by atoms with Crippen molar-refractivity contribution in [2.75, 3.05) is 4.90 Å². The van der Waals surface area contributed by atoms with Gasteiger partial charge in [-0.15, -0.1) is 0 Å². The molecular formula is C22H21F3N2OS. The van der Waals surface area contributed by atoms with Crippen LogP contribution >= 0.6 is 11.3 Å². The Morgan fingerprint density at radius 3 is 2.55 bits per heavy atom. The quantitative estimate of drug-likeness (QED) is 0.478. The second-order valence-electron chi connectivity index (χ2n) is 7.53. The molecule has 2 aromatic carbocycles. The Hall–Kier alpha value is -2.41. The summed E-state index contributed by atoms with van der Waals surface area (Å²) in [5.74, 6) is -2.38. The van der Waals surface area contributed by atoms with E-state index in [9.17, 15) is 18.0 Å². The van der Waals surface area contributed by atoms with E-state index >= 15 is 0 Å². The van der Waals surface area contributed by atoms with Gasteiger partial charge in [0.25, 0.3) is 0 Å². The third-order valence-electron chi connectivity index (χ3n) is 5.54. The fourth-order valence-electron chi connectivity index (χ4n) is 3.98. The van der Waals surface area contributed by atoms with Gasteiger partial charge in [0.2, 0.25) is 5.91 Å². The average Bonchev–Trinajstić information content (AvgIpc) is 3.12.